The van der Waals surface area contributed by atoms with Crippen molar-refractivity contribution in [2.45, 2.75) is 6.42 Å². The number of rotatable bonds is 1. The molecule has 3 N–H and O–H groups in total. The van der Waals surface area contributed by atoms with Crippen molar-refractivity contribution in [1.29, 1.82) is 0 Å². The van der Waals surface area contributed by atoms with Crippen molar-refractivity contribution in [3.05, 3.63) is 48.0 Å². The third-order valence-corrected chi connectivity index (χ3v) is 2.99. The number of carbonyl (C=O) groups is 1. The van der Waals surface area contributed by atoms with E-state index >= 15 is 0 Å². The Labute approximate surface area is 99.3 Å². The number of nitrogens with one attached hydrogen (secondary N) is 1. The molecule has 3 heteroatoms. The zero-order chi connectivity index (χ0) is 11.8. The van der Waals surface area contributed by atoms with E-state index in [4.69, 9.17) is 5.73 Å². The van der Waals surface area contributed by atoms with Crippen molar-refractivity contribution in [1.82, 2.24) is 0 Å². The van der Waals surface area contributed by atoms with Gasteiger partial charge in [-0.1, -0.05) is 30.3 Å². The number of hydrogen-bond donors (Lipinski definition) is 2. The highest BCUT2D eigenvalue weighted by atomic mass is 16.1. The highest BCUT2D eigenvalue weighted by Gasteiger charge is 2.20. The summed E-state index contributed by atoms with van der Waals surface area (Å²) in [6.45, 7) is 0. The summed E-state index contributed by atoms with van der Waals surface area (Å²) in [7, 11) is 0. The SMILES string of the molecule is Nc1ccc(-c2cccc3c2NC(=O)C3)cc1. The fraction of sp³-hybridized carbons (Fsp3) is 0.0714. The van der Waals surface area contributed by atoms with Crippen LogP contribution in [0.15, 0.2) is 42.5 Å². The van der Waals surface area contributed by atoms with Gasteiger partial charge < -0.3 is 11.1 Å². The van der Waals surface area contributed by atoms with E-state index in [-0.39, 0.29) is 5.91 Å². The van der Waals surface area contributed by atoms with Crippen LogP contribution >= 0.6 is 0 Å². The molecule has 1 amide bonds. The first-order valence-electron chi connectivity index (χ1n) is 5.52. The van der Waals surface area contributed by atoms with E-state index in [0.29, 0.717) is 6.42 Å². The van der Waals surface area contributed by atoms with Crippen molar-refractivity contribution in [2.75, 3.05) is 11.1 Å². The zero-order valence-electron chi connectivity index (χ0n) is 9.23. The van der Waals surface area contributed by atoms with E-state index in [1.807, 2.05) is 42.5 Å². The highest BCUT2D eigenvalue weighted by molar-refractivity contribution is 6.03. The minimum absolute atomic E-state index is 0.0582. The van der Waals surface area contributed by atoms with Crippen LogP contribution < -0.4 is 11.1 Å². The van der Waals surface area contributed by atoms with Crippen LogP contribution in [0, 0.1) is 0 Å². The van der Waals surface area contributed by atoms with Crippen molar-refractivity contribution in [3.8, 4) is 11.1 Å². The fourth-order valence-electron chi connectivity index (χ4n) is 2.15. The number of carbonyl (C=O) groups excluding carboxylic acids is 1. The lowest BCUT2D eigenvalue weighted by molar-refractivity contribution is -0.115. The van der Waals surface area contributed by atoms with Crippen LogP contribution in [0.3, 0.4) is 0 Å². The van der Waals surface area contributed by atoms with Gasteiger partial charge in [0.15, 0.2) is 0 Å². The minimum atomic E-state index is 0.0582. The Morgan fingerprint density at radius 2 is 1.82 bits per heavy atom. The largest absolute Gasteiger partial charge is 0.399 e. The highest BCUT2D eigenvalue weighted by Crippen LogP contribution is 2.34. The van der Waals surface area contributed by atoms with Gasteiger partial charge in [-0.3, -0.25) is 4.79 Å². The molecule has 0 aromatic heterocycles. The van der Waals surface area contributed by atoms with Gasteiger partial charge in [0.2, 0.25) is 5.91 Å². The van der Waals surface area contributed by atoms with Crippen LogP contribution in [0.5, 0.6) is 0 Å². The van der Waals surface area contributed by atoms with Gasteiger partial charge in [-0.25, -0.2) is 0 Å². The summed E-state index contributed by atoms with van der Waals surface area (Å²) < 4.78 is 0. The van der Waals surface area contributed by atoms with Gasteiger partial charge >= 0.3 is 0 Å². The van der Waals surface area contributed by atoms with Gasteiger partial charge in [-0.2, -0.15) is 0 Å². The molecule has 2 aromatic rings. The zero-order valence-corrected chi connectivity index (χ0v) is 9.23. The summed E-state index contributed by atoms with van der Waals surface area (Å²) in [5.41, 5.74) is 10.5. The number of anilines is 2. The molecule has 0 radical (unpaired) electrons. The number of amides is 1. The van der Waals surface area contributed by atoms with Crippen LogP contribution in [0.2, 0.25) is 0 Å². The van der Waals surface area contributed by atoms with E-state index in [0.717, 1.165) is 28.1 Å². The second kappa shape index (κ2) is 3.63. The monoisotopic (exact) mass is 224 g/mol. The molecule has 1 heterocycles. The molecule has 1 aliphatic rings. The molecule has 0 unspecified atom stereocenters. The summed E-state index contributed by atoms with van der Waals surface area (Å²) in [4.78, 5) is 11.4. The van der Waals surface area contributed by atoms with Gasteiger partial charge in [0.25, 0.3) is 0 Å². The Morgan fingerprint density at radius 3 is 2.59 bits per heavy atom. The number of nitrogens with two attached hydrogens (primary N) is 1. The average Bonchev–Trinajstić information content (AvgIpc) is 2.70. The molecule has 0 spiro atoms. The predicted octanol–water partition coefficient (Wildman–Crippen LogP) is 2.43. The molecular weight excluding hydrogens is 212 g/mol. The first kappa shape index (κ1) is 9.90. The van der Waals surface area contributed by atoms with Gasteiger partial charge in [-0.15, -0.1) is 0 Å². The molecule has 3 rings (SSSR count). The topological polar surface area (TPSA) is 55.1 Å². The molecule has 2 aromatic carbocycles. The summed E-state index contributed by atoms with van der Waals surface area (Å²) >= 11 is 0. The first-order chi connectivity index (χ1) is 8.24. The molecule has 0 atom stereocenters. The lowest BCUT2D eigenvalue weighted by Gasteiger charge is -2.08. The van der Waals surface area contributed by atoms with Gasteiger partial charge in [0, 0.05) is 11.3 Å². The summed E-state index contributed by atoms with van der Waals surface area (Å²) in [6.07, 6.45) is 0.470. The second-order valence-corrected chi connectivity index (χ2v) is 4.19. The van der Waals surface area contributed by atoms with E-state index in [1.54, 1.807) is 0 Å². The Morgan fingerprint density at radius 1 is 1.06 bits per heavy atom. The maximum Gasteiger partial charge on any atom is 0.228 e. The van der Waals surface area contributed by atoms with E-state index < -0.39 is 0 Å². The maximum absolute atomic E-state index is 11.4. The Bertz CT molecular complexity index is 588. The third kappa shape index (κ3) is 1.65. The Hall–Kier alpha value is -2.29. The normalized spacial score (nSPS) is 13.3. The Balaban J connectivity index is 2.13. The summed E-state index contributed by atoms with van der Waals surface area (Å²) in [5, 5.41) is 2.91. The molecule has 0 saturated carbocycles. The lowest BCUT2D eigenvalue weighted by Crippen LogP contribution is -2.04. The standard InChI is InChI=1S/C14H12N2O/c15-11-6-4-9(5-7-11)12-3-1-2-10-8-13(17)16-14(10)12/h1-7H,8,15H2,(H,16,17). The number of benzene rings is 2. The van der Waals surface area contributed by atoms with Gasteiger partial charge in [-0.05, 0) is 23.3 Å². The molecule has 0 bridgehead atoms. The smallest absolute Gasteiger partial charge is 0.228 e. The Kier molecular flexibility index (Phi) is 2.11. The van der Waals surface area contributed by atoms with Crippen LogP contribution in [-0.2, 0) is 11.2 Å². The fourth-order valence-corrected chi connectivity index (χ4v) is 2.15. The van der Waals surface area contributed by atoms with E-state index in [1.165, 1.54) is 0 Å². The van der Waals surface area contributed by atoms with Crippen molar-refractivity contribution >= 4 is 17.3 Å². The minimum Gasteiger partial charge on any atom is -0.399 e. The molecule has 0 fully saturated rings. The second-order valence-electron chi connectivity index (χ2n) is 4.19. The first-order valence-corrected chi connectivity index (χ1v) is 5.52. The third-order valence-electron chi connectivity index (χ3n) is 2.99. The van der Waals surface area contributed by atoms with E-state index in [2.05, 4.69) is 5.32 Å². The number of nitrogen functional groups attached to an aromatic ring is 1. The van der Waals surface area contributed by atoms with Crippen molar-refractivity contribution < 1.29 is 4.79 Å². The predicted molar refractivity (Wildman–Crippen MR) is 68.6 cm³/mol. The molecule has 3 nitrogen and oxygen atoms in total. The van der Waals surface area contributed by atoms with Gasteiger partial charge in [0.1, 0.15) is 0 Å². The van der Waals surface area contributed by atoms with Crippen LogP contribution in [0.25, 0.3) is 11.1 Å². The number of hydrogen-bond acceptors (Lipinski definition) is 2. The maximum atomic E-state index is 11.4. The van der Waals surface area contributed by atoms with Gasteiger partial charge in [0.05, 0.1) is 12.1 Å². The summed E-state index contributed by atoms with van der Waals surface area (Å²) in [6, 6.07) is 13.6. The molecule has 0 aliphatic carbocycles. The number of para-hydroxylation sites is 1. The molecular formula is C14H12N2O. The van der Waals surface area contributed by atoms with Crippen LogP contribution in [0.1, 0.15) is 5.56 Å². The molecule has 1 aliphatic heterocycles. The summed E-state index contributed by atoms with van der Waals surface area (Å²) in [5.74, 6) is 0.0582. The molecule has 84 valence electrons. The van der Waals surface area contributed by atoms with Crippen molar-refractivity contribution in [3.63, 3.8) is 0 Å². The lowest BCUT2D eigenvalue weighted by atomic mass is 10.0. The quantitative estimate of drug-likeness (QED) is 0.731. The van der Waals surface area contributed by atoms with E-state index in [9.17, 15) is 4.79 Å². The van der Waals surface area contributed by atoms with Crippen molar-refractivity contribution in [2.24, 2.45) is 0 Å². The van der Waals surface area contributed by atoms with Crippen LogP contribution in [-0.4, -0.2) is 5.91 Å². The van der Waals surface area contributed by atoms with Crippen LogP contribution in [0.4, 0.5) is 11.4 Å². The average molecular weight is 224 g/mol. The molecule has 0 saturated heterocycles. The molecule has 17 heavy (non-hydrogen) atoms. The number of fused-ring (bicyclic) bond motifs is 1.